The van der Waals surface area contributed by atoms with E-state index >= 15 is 0 Å². The summed E-state index contributed by atoms with van der Waals surface area (Å²) in [6, 6.07) is 7.30. The molecule has 0 aliphatic rings. The number of carbonyl (C=O) groups excluding carboxylic acids is 2. The predicted octanol–water partition coefficient (Wildman–Crippen LogP) is 1.15. The second-order valence-corrected chi connectivity index (χ2v) is 3.80. The zero-order valence-corrected chi connectivity index (χ0v) is 9.61. The summed E-state index contributed by atoms with van der Waals surface area (Å²) in [6.07, 6.45) is 1.07. The van der Waals surface area contributed by atoms with Crippen molar-refractivity contribution in [3.63, 3.8) is 0 Å². The number of hydrogen-bond donors (Lipinski definition) is 1. The van der Waals surface area contributed by atoms with Crippen LogP contribution in [-0.4, -0.2) is 26.7 Å². The monoisotopic (exact) mass is 256 g/mol. The third-order valence-electron chi connectivity index (χ3n) is 2.60. The molecule has 7 heteroatoms. The molecule has 1 amide bonds. The highest BCUT2D eigenvalue weighted by molar-refractivity contribution is 5.84. The van der Waals surface area contributed by atoms with Gasteiger partial charge in [0.25, 0.3) is 5.88 Å². The number of amides is 1. The molecule has 3 rings (SSSR count). The number of ether oxygens (including phenoxy) is 1. The maximum Gasteiger partial charge on any atom is 0.411 e. The Morgan fingerprint density at radius 1 is 1.32 bits per heavy atom. The van der Waals surface area contributed by atoms with E-state index in [4.69, 9.17) is 10.5 Å². The first-order chi connectivity index (χ1) is 9.19. The van der Waals surface area contributed by atoms with Crippen LogP contribution in [0.2, 0.25) is 0 Å². The average molecular weight is 256 g/mol. The summed E-state index contributed by atoms with van der Waals surface area (Å²) < 4.78 is 6.41. The van der Waals surface area contributed by atoms with Gasteiger partial charge in [-0.1, -0.05) is 12.1 Å². The fourth-order valence-corrected chi connectivity index (χ4v) is 1.87. The van der Waals surface area contributed by atoms with Crippen LogP contribution < -0.4 is 10.5 Å². The van der Waals surface area contributed by atoms with Gasteiger partial charge in [-0.05, 0) is 12.1 Å². The minimum absolute atomic E-state index is 0.0895. The van der Waals surface area contributed by atoms with Crippen molar-refractivity contribution in [2.45, 2.75) is 0 Å². The van der Waals surface area contributed by atoms with E-state index in [1.807, 2.05) is 18.2 Å². The van der Waals surface area contributed by atoms with Crippen molar-refractivity contribution in [2.24, 2.45) is 5.73 Å². The van der Waals surface area contributed by atoms with E-state index in [1.54, 1.807) is 10.5 Å². The summed E-state index contributed by atoms with van der Waals surface area (Å²) in [5, 5.41) is 0. The smallest absolute Gasteiger partial charge is 0.387 e. The van der Waals surface area contributed by atoms with E-state index < -0.39 is 6.09 Å². The highest BCUT2D eigenvalue weighted by atomic mass is 16.6. The first-order valence-corrected chi connectivity index (χ1v) is 5.39. The molecule has 0 unspecified atom stereocenters. The molecule has 0 fully saturated rings. The summed E-state index contributed by atoms with van der Waals surface area (Å²) in [4.78, 5) is 29.9. The Kier molecular flexibility index (Phi) is 2.38. The Morgan fingerprint density at radius 2 is 2.11 bits per heavy atom. The molecule has 0 atom stereocenters. The highest BCUT2D eigenvalue weighted by Gasteiger charge is 2.14. The van der Waals surface area contributed by atoms with Gasteiger partial charge in [0.15, 0.2) is 6.29 Å². The SMILES string of the molecule is NC(=O)Oc1nc(C=O)cn2c1nc1ccccc12. The first-order valence-electron chi connectivity index (χ1n) is 5.39. The molecule has 2 aromatic heterocycles. The minimum atomic E-state index is -1.01. The number of primary amides is 1. The lowest BCUT2D eigenvalue weighted by molar-refractivity contribution is 0.111. The largest absolute Gasteiger partial charge is 0.411 e. The fourth-order valence-electron chi connectivity index (χ4n) is 1.87. The maximum absolute atomic E-state index is 10.9. The van der Waals surface area contributed by atoms with Gasteiger partial charge in [0, 0.05) is 6.20 Å². The molecule has 0 saturated carbocycles. The number of benzene rings is 1. The van der Waals surface area contributed by atoms with Crippen LogP contribution in [0.1, 0.15) is 10.5 Å². The van der Waals surface area contributed by atoms with Crippen LogP contribution >= 0.6 is 0 Å². The van der Waals surface area contributed by atoms with Gasteiger partial charge in [-0.25, -0.2) is 14.8 Å². The maximum atomic E-state index is 10.9. The van der Waals surface area contributed by atoms with Gasteiger partial charge in [-0.2, -0.15) is 0 Å². The molecule has 3 aromatic rings. The summed E-state index contributed by atoms with van der Waals surface area (Å²) >= 11 is 0. The topological polar surface area (TPSA) is 99.6 Å². The number of nitrogens with two attached hydrogens (primary N) is 1. The molecule has 0 radical (unpaired) electrons. The van der Waals surface area contributed by atoms with Crippen LogP contribution in [0.5, 0.6) is 5.88 Å². The molecule has 19 heavy (non-hydrogen) atoms. The van der Waals surface area contributed by atoms with Crippen molar-refractivity contribution >= 4 is 29.1 Å². The van der Waals surface area contributed by atoms with E-state index in [0.717, 1.165) is 5.52 Å². The van der Waals surface area contributed by atoms with Gasteiger partial charge >= 0.3 is 6.09 Å². The lowest BCUT2D eigenvalue weighted by Gasteiger charge is -2.03. The van der Waals surface area contributed by atoms with Crippen LogP contribution in [-0.2, 0) is 0 Å². The Labute approximate surface area is 106 Å². The quantitative estimate of drug-likeness (QED) is 0.693. The van der Waals surface area contributed by atoms with Crippen LogP contribution in [0.4, 0.5) is 4.79 Å². The van der Waals surface area contributed by atoms with Crippen LogP contribution in [0.15, 0.2) is 30.5 Å². The standard InChI is InChI=1S/C12H8N4O3/c13-12(18)19-11-10-15-8-3-1-2-4-9(8)16(10)5-7(6-17)14-11/h1-6H,(H2,13,18). The van der Waals surface area contributed by atoms with Gasteiger partial charge < -0.3 is 10.5 Å². The number of aromatic nitrogens is 3. The molecule has 2 N–H and O–H groups in total. The van der Waals surface area contributed by atoms with Crippen LogP contribution in [0.25, 0.3) is 16.7 Å². The number of para-hydroxylation sites is 2. The van der Waals surface area contributed by atoms with Gasteiger partial charge in [0.1, 0.15) is 5.69 Å². The molecule has 0 spiro atoms. The van der Waals surface area contributed by atoms with E-state index in [9.17, 15) is 9.59 Å². The van der Waals surface area contributed by atoms with Crippen molar-refractivity contribution in [3.05, 3.63) is 36.2 Å². The first kappa shape index (κ1) is 11.1. The Morgan fingerprint density at radius 3 is 2.84 bits per heavy atom. The third-order valence-corrected chi connectivity index (χ3v) is 2.60. The molecule has 2 heterocycles. The molecular formula is C12H8N4O3. The number of rotatable bonds is 2. The lowest BCUT2D eigenvalue weighted by atomic mass is 10.3. The van der Waals surface area contributed by atoms with E-state index in [-0.39, 0.29) is 11.6 Å². The molecule has 0 saturated heterocycles. The molecule has 1 aromatic carbocycles. The van der Waals surface area contributed by atoms with Crippen molar-refractivity contribution in [1.82, 2.24) is 14.4 Å². The molecule has 0 aliphatic heterocycles. The normalized spacial score (nSPS) is 10.7. The summed E-state index contributed by atoms with van der Waals surface area (Å²) in [6.45, 7) is 0. The minimum Gasteiger partial charge on any atom is -0.387 e. The average Bonchev–Trinajstić information content (AvgIpc) is 2.77. The predicted molar refractivity (Wildman–Crippen MR) is 66.1 cm³/mol. The Bertz CT molecular complexity index is 809. The number of fused-ring (bicyclic) bond motifs is 3. The number of aldehydes is 1. The lowest BCUT2D eigenvalue weighted by Crippen LogP contribution is -2.18. The molecule has 0 aliphatic carbocycles. The van der Waals surface area contributed by atoms with Crippen molar-refractivity contribution in [3.8, 4) is 5.88 Å². The summed E-state index contributed by atoms with van der Waals surface area (Å²) in [7, 11) is 0. The zero-order chi connectivity index (χ0) is 13.4. The van der Waals surface area contributed by atoms with Gasteiger partial charge in [-0.15, -0.1) is 0 Å². The Balaban J connectivity index is 2.40. The number of imidazole rings is 1. The number of nitrogens with zero attached hydrogens (tertiary/aromatic N) is 3. The van der Waals surface area contributed by atoms with Crippen molar-refractivity contribution in [2.75, 3.05) is 0 Å². The number of carbonyl (C=O) groups is 2. The van der Waals surface area contributed by atoms with Gasteiger partial charge in [0.05, 0.1) is 11.0 Å². The molecule has 7 nitrogen and oxygen atoms in total. The zero-order valence-electron chi connectivity index (χ0n) is 9.61. The van der Waals surface area contributed by atoms with E-state index in [0.29, 0.717) is 17.5 Å². The van der Waals surface area contributed by atoms with Gasteiger partial charge in [0.2, 0.25) is 5.65 Å². The number of hydrogen-bond acceptors (Lipinski definition) is 5. The molecular weight excluding hydrogens is 248 g/mol. The highest BCUT2D eigenvalue weighted by Crippen LogP contribution is 2.22. The van der Waals surface area contributed by atoms with Crippen molar-refractivity contribution in [1.29, 1.82) is 0 Å². The van der Waals surface area contributed by atoms with E-state index in [1.165, 1.54) is 6.20 Å². The molecule has 0 bridgehead atoms. The van der Waals surface area contributed by atoms with Crippen LogP contribution in [0, 0.1) is 0 Å². The molecule has 94 valence electrons. The summed E-state index contributed by atoms with van der Waals surface area (Å²) in [5.41, 5.74) is 6.89. The van der Waals surface area contributed by atoms with Gasteiger partial charge in [-0.3, -0.25) is 9.20 Å². The summed E-state index contributed by atoms with van der Waals surface area (Å²) in [5.74, 6) is -0.0895. The van der Waals surface area contributed by atoms with E-state index in [2.05, 4.69) is 9.97 Å². The Hall–Kier alpha value is -2.96. The fraction of sp³-hybridized carbons (Fsp3) is 0. The second-order valence-electron chi connectivity index (χ2n) is 3.80. The second kappa shape index (κ2) is 4.05. The third kappa shape index (κ3) is 1.77. The van der Waals surface area contributed by atoms with Crippen LogP contribution in [0.3, 0.4) is 0 Å². The van der Waals surface area contributed by atoms with Crippen molar-refractivity contribution < 1.29 is 14.3 Å².